The molecule has 1 heterocycles. The molecule has 0 fully saturated rings. The Bertz CT molecular complexity index is 695. The summed E-state index contributed by atoms with van der Waals surface area (Å²) in [7, 11) is 0. The molecule has 3 rings (SSSR count). The molecule has 0 unspecified atom stereocenters. The van der Waals surface area contributed by atoms with Gasteiger partial charge in [-0.25, -0.2) is 4.98 Å². The molecule has 3 aromatic rings. The summed E-state index contributed by atoms with van der Waals surface area (Å²) in [6, 6.07) is 16.0. The van der Waals surface area contributed by atoms with E-state index in [9.17, 15) is 0 Å². The van der Waals surface area contributed by atoms with Gasteiger partial charge in [-0.3, -0.25) is 4.57 Å². The Balaban J connectivity index is 2.09. The van der Waals surface area contributed by atoms with Crippen LogP contribution in [0.1, 0.15) is 5.56 Å². The van der Waals surface area contributed by atoms with E-state index in [1.54, 1.807) is 6.21 Å². The normalized spacial score (nSPS) is 11.3. The van der Waals surface area contributed by atoms with Gasteiger partial charge < -0.3 is 5.84 Å². The highest BCUT2D eigenvalue weighted by Crippen LogP contribution is 2.17. The van der Waals surface area contributed by atoms with E-state index in [1.807, 2.05) is 48.8 Å². The summed E-state index contributed by atoms with van der Waals surface area (Å²) >= 11 is 0. The van der Waals surface area contributed by atoms with Gasteiger partial charge in [-0.2, -0.15) is 5.10 Å². The first-order valence-corrected chi connectivity index (χ1v) is 5.64. The number of nitrogens with two attached hydrogens (primary N) is 1. The topological polar surface area (TPSA) is 56.2 Å². The molecule has 0 aliphatic heterocycles. The highest BCUT2D eigenvalue weighted by Gasteiger charge is 2.02. The lowest BCUT2D eigenvalue weighted by Gasteiger charge is -2.04. The minimum Gasteiger partial charge on any atom is -0.323 e. The maximum absolute atomic E-state index is 5.12. The molecular weight excluding hydrogens is 224 g/mol. The van der Waals surface area contributed by atoms with Gasteiger partial charge in [0.15, 0.2) is 0 Å². The molecular formula is C14H12N4. The first-order valence-electron chi connectivity index (χ1n) is 5.64. The Hall–Kier alpha value is -2.62. The second-order valence-corrected chi connectivity index (χ2v) is 3.97. The average Bonchev–Trinajstić information content (AvgIpc) is 2.84. The van der Waals surface area contributed by atoms with Crippen LogP contribution in [0.2, 0.25) is 0 Å². The smallest absolute Gasteiger partial charge is 0.100 e. The summed E-state index contributed by atoms with van der Waals surface area (Å²) in [6.07, 6.45) is 3.45. The Morgan fingerprint density at radius 3 is 2.61 bits per heavy atom. The lowest BCUT2D eigenvalue weighted by atomic mass is 10.2. The van der Waals surface area contributed by atoms with Gasteiger partial charge in [0.25, 0.3) is 0 Å². The number of rotatable bonds is 2. The maximum atomic E-state index is 5.12. The molecule has 0 saturated carbocycles. The zero-order valence-electron chi connectivity index (χ0n) is 9.69. The first kappa shape index (κ1) is 10.5. The third kappa shape index (κ3) is 1.73. The molecule has 0 amide bonds. The SMILES string of the molecule is NN=Cc1ccc(-n2cnc3ccccc32)cc1. The lowest BCUT2D eigenvalue weighted by Crippen LogP contribution is -1.93. The summed E-state index contributed by atoms with van der Waals surface area (Å²) in [4.78, 5) is 4.37. The third-order valence-electron chi connectivity index (χ3n) is 2.85. The quantitative estimate of drug-likeness (QED) is 0.421. The van der Waals surface area contributed by atoms with Crippen molar-refractivity contribution in [2.45, 2.75) is 0 Å². The molecule has 2 N–H and O–H groups in total. The van der Waals surface area contributed by atoms with Gasteiger partial charge in [0, 0.05) is 5.69 Å². The minimum atomic E-state index is 0.977. The average molecular weight is 236 g/mol. The van der Waals surface area contributed by atoms with E-state index in [0.717, 1.165) is 22.3 Å². The minimum absolute atomic E-state index is 0.977. The predicted octanol–water partition coefficient (Wildman–Crippen LogP) is 2.32. The van der Waals surface area contributed by atoms with Gasteiger partial charge in [0.05, 0.1) is 17.2 Å². The fourth-order valence-electron chi connectivity index (χ4n) is 1.97. The van der Waals surface area contributed by atoms with Crippen LogP contribution in [0.4, 0.5) is 0 Å². The van der Waals surface area contributed by atoms with Gasteiger partial charge >= 0.3 is 0 Å². The van der Waals surface area contributed by atoms with Crippen LogP contribution in [0.15, 0.2) is 60.0 Å². The number of para-hydroxylation sites is 2. The van der Waals surface area contributed by atoms with Crippen molar-refractivity contribution >= 4 is 17.2 Å². The van der Waals surface area contributed by atoms with E-state index in [4.69, 9.17) is 5.84 Å². The maximum Gasteiger partial charge on any atom is 0.100 e. The van der Waals surface area contributed by atoms with Crippen molar-refractivity contribution in [1.82, 2.24) is 9.55 Å². The molecule has 4 heteroatoms. The van der Waals surface area contributed by atoms with Crippen molar-refractivity contribution in [3.8, 4) is 5.69 Å². The number of imidazole rings is 1. The number of nitrogens with zero attached hydrogens (tertiary/aromatic N) is 3. The highest BCUT2D eigenvalue weighted by molar-refractivity contribution is 5.80. The van der Waals surface area contributed by atoms with E-state index < -0.39 is 0 Å². The Labute approximate surface area is 104 Å². The zero-order valence-corrected chi connectivity index (χ0v) is 9.69. The van der Waals surface area contributed by atoms with E-state index in [2.05, 4.69) is 20.7 Å². The Kier molecular flexibility index (Phi) is 2.53. The number of fused-ring (bicyclic) bond motifs is 1. The molecule has 4 nitrogen and oxygen atoms in total. The Morgan fingerprint density at radius 2 is 1.83 bits per heavy atom. The van der Waals surface area contributed by atoms with Crippen LogP contribution in [0, 0.1) is 0 Å². The second-order valence-electron chi connectivity index (χ2n) is 3.97. The van der Waals surface area contributed by atoms with Crippen molar-refractivity contribution in [3.63, 3.8) is 0 Å². The molecule has 0 saturated heterocycles. The molecule has 0 spiro atoms. The second kappa shape index (κ2) is 4.33. The van der Waals surface area contributed by atoms with Crippen molar-refractivity contribution in [3.05, 3.63) is 60.4 Å². The Morgan fingerprint density at radius 1 is 1.06 bits per heavy atom. The standard InChI is InChI=1S/C14H12N4/c15-17-9-11-5-7-12(8-6-11)18-10-16-13-3-1-2-4-14(13)18/h1-10H,15H2. The van der Waals surface area contributed by atoms with Crippen LogP contribution < -0.4 is 5.84 Å². The molecule has 0 atom stereocenters. The van der Waals surface area contributed by atoms with Crippen LogP contribution in [0.5, 0.6) is 0 Å². The number of aromatic nitrogens is 2. The van der Waals surface area contributed by atoms with Crippen molar-refractivity contribution in [2.24, 2.45) is 10.9 Å². The zero-order chi connectivity index (χ0) is 12.4. The third-order valence-corrected chi connectivity index (χ3v) is 2.85. The van der Waals surface area contributed by atoms with E-state index in [1.165, 1.54) is 0 Å². The van der Waals surface area contributed by atoms with Crippen LogP contribution in [-0.2, 0) is 0 Å². The summed E-state index contributed by atoms with van der Waals surface area (Å²) in [5.41, 5.74) is 4.13. The van der Waals surface area contributed by atoms with Crippen LogP contribution >= 0.6 is 0 Å². The van der Waals surface area contributed by atoms with E-state index in [0.29, 0.717) is 0 Å². The molecule has 2 aromatic carbocycles. The number of benzene rings is 2. The van der Waals surface area contributed by atoms with Gasteiger partial charge in [-0.1, -0.05) is 24.3 Å². The molecule has 1 aromatic heterocycles. The van der Waals surface area contributed by atoms with Crippen molar-refractivity contribution in [1.29, 1.82) is 0 Å². The van der Waals surface area contributed by atoms with E-state index in [-0.39, 0.29) is 0 Å². The van der Waals surface area contributed by atoms with Gasteiger partial charge in [-0.05, 0) is 29.8 Å². The molecule has 0 radical (unpaired) electrons. The number of hydrogen-bond acceptors (Lipinski definition) is 3. The number of hydrogen-bond donors (Lipinski definition) is 1. The lowest BCUT2D eigenvalue weighted by molar-refractivity contribution is 1.09. The fraction of sp³-hybridized carbons (Fsp3) is 0. The van der Waals surface area contributed by atoms with Crippen molar-refractivity contribution in [2.75, 3.05) is 0 Å². The van der Waals surface area contributed by atoms with Gasteiger partial charge in [0.2, 0.25) is 0 Å². The largest absolute Gasteiger partial charge is 0.323 e. The summed E-state index contributed by atoms with van der Waals surface area (Å²) in [5.74, 6) is 5.12. The van der Waals surface area contributed by atoms with Gasteiger partial charge in [0.1, 0.15) is 6.33 Å². The first-order chi connectivity index (χ1) is 8.88. The molecule has 0 aliphatic carbocycles. The molecule has 0 bridgehead atoms. The summed E-state index contributed by atoms with van der Waals surface area (Å²) in [6.45, 7) is 0. The highest BCUT2D eigenvalue weighted by atomic mass is 15.1. The van der Waals surface area contributed by atoms with Crippen molar-refractivity contribution < 1.29 is 0 Å². The molecule has 88 valence electrons. The monoisotopic (exact) mass is 236 g/mol. The van der Waals surface area contributed by atoms with Crippen LogP contribution in [0.25, 0.3) is 16.7 Å². The predicted molar refractivity (Wildman–Crippen MR) is 72.9 cm³/mol. The van der Waals surface area contributed by atoms with Crippen LogP contribution in [0.3, 0.4) is 0 Å². The van der Waals surface area contributed by atoms with Gasteiger partial charge in [-0.15, -0.1) is 0 Å². The summed E-state index contributed by atoms with van der Waals surface area (Å²) < 4.78 is 2.05. The number of hydrazone groups is 1. The summed E-state index contributed by atoms with van der Waals surface area (Å²) in [5, 5.41) is 3.50. The van der Waals surface area contributed by atoms with E-state index >= 15 is 0 Å². The molecule has 0 aliphatic rings. The van der Waals surface area contributed by atoms with Crippen LogP contribution in [-0.4, -0.2) is 15.8 Å². The molecule has 18 heavy (non-hydrogen) atoms. The fourth-order valence-corrected chi connectivity index (χ4v) is 1.97.